The zero-order chi connectivity index (χ0) is 13.5. The molecule has 100 valence electrons. The minimum atomic E-state index is -3.40. The molecule has 0 saturated carbocycles. The van der Waals surface area contributed by atoms with E-state index in [1.807, 2.05) is 20.8 Å². The van der Waals surface area contributed by atoms with Gasteiger partial charge < -0.3 is 5.73 Å². The monoisotopic (exact) mass is 268 g/mol. The van der Waals surface area contributed by atoms with Gasteiger partial charge in [-0.3, -0.25) is 0 Å². The number of nitrogens with two attached hydrogens (primary N) is 1. The van der Waals surface area contributed by atoms with E-state index in [1.54, 1.807) is 16.4 Å². The first-order chi connectivity index (χ1) is 8.34. The van der Waals surface area contributed by atoms with Crippen molar-refractivity contribution >= 4 is 15.7 Å². The normalized spacial score (nSPS) is 21.4. The highest BCUT2D eigenvalue weighted by molar-refractivity contribution is 7.89. The van der Waals surface area contributed by atoms with Gasteiger partial charge in [0.2, 0.25) is 10.0 Å². The van der Waals surface area contributed by atoms with E-state index in [4.69, 9.17) is 5.73 Å². The molecule has 1 aromatic carbocycles. The third-order valence-corrected chi connectivity index (χ3v) is 5.77. The summed E-state index contributed by atoms with van der Waals surface area (Å²) in [5, 5.41) is 0. The van der Waals surface area contributed by atoms with Crippen molar-refractivity contribution in [3.05, 3.63) is 23.3 Å². The van der Waals surface area contributed by atoms with Crippen LogP contribution in [-0.2, 0) is 10.0 Å². The third kappa shape index (κ3) is 2.12. The highest BCUT2D eigenvalue weighted by Crippen LogP contribution is 2.28. The lowest BCUT2D eigenvalue weighted by Crippen LogP contribution is -2.33. The summed E-state index contributed by atoms with van der Waals surface area (Å²) in [7, 11) is -3.40. The molecule has 2 N–H and O–H groups in total. The van der Waals surface area contributed by atoms with Crippen LogP contribution in [0.1, 0.15) is 30.9 Å². The summed E-state index contributed by atoms with van der Waals surface area (Å²) in [4.78, 5) is 0.317. The highest BCUT2D eigenvalue weighted by atomic mass is 32.2. The number of benzene rings is 1. The lowest BCUT2D eigenvalue weighted by Gasteiger charge is -2.21. The minimum absolute atomic E-state index is 0.0813. The van der Waals surface area contributed by atoms with Crippen LogP contribution < -0.4 is 5.73 Å². The first-order valence-corrected chi connectivity index (χ1v) is 7.66. The quantitative estimate of drug-likeness (QED) is 0.835. The van der Waals surface area contributed by atoms with E-state index in [-0.39, 0.29) is 6.04 Å². The van der Waals surface area contributed by atoms with E-state index in [2.05, 4.69) is 0 Å². The van der Waals surface area contributed by atoms with E-state index in [1.165, 1.54) is 0 Å². The fourth-order valence-electron chi connectivity index (χ4n) is 2.40. The molecule has 5 heteroatoms. The molecule has 4 nitrogen and oxygen atoms in total. The van der Waals surface area contributed by atoms with Gasteiger partial charge in [0, 0.05) is 18.3 Å². The Morgan fingerprint density at radius 1 is 1.33 bits per heavy atom. The maximum atomic E-state index is 12.5. The van der Waals surface area contributed by atoms with Crippen LogP contribution in [0.4, 0.5) is 5.69 Å². The Morgan fingerprint density at radius 3 is 2.50 bits per heavy atom. The average Bonchev–Trinajstić information content (AvgIpc) is 2.72. The van der Waals surface area contributed by atoms with Crippen molar-refractivity contribution in [1.29, 1.82) is 0 Å². The Morgan fingerprint density at radius 2 is 2.00 bits per heavy atom. The highest BCUT2D eigenvalue weighted by Gasteiger charge is 2.32. The largest absolute Gasteiger partial charge is 0.398 e. The topological polar surface area (TPSA) is 63.4 Å². The van der Waals surface area contributed by atoms with Crippen molar-refractivity contribution in [3.63, 3.8) is 0 Å². The third-order valence-electron chi connectivity index (χ3n) is 3.78. The van der Waals surface area contributed by atoms with Gasteiger partial charge in [0.1, 0.15) is 0 Å². The van der Waals surface area contributed by atoms with Gasteiger partial charge in [-0.25, -0.2) is 8.42 Å². The second-order valence-corrected chi connectivity index (χ2v) is 6.95. The van der Waals surface area contributed by atoms with E-state index < -0.39 is 10.0 Å². The lowest BCUT2D eigenvalue weighted by atomic mass is 10.1. The molecule has 0 radical (unpaired) electrons. The number of sulfonamides is 1. The maximum Gasteiger partial charge on any atom is 0.243 e. The van der Waals surface area contributed by atoms with Crippen molar-refractivity contribution in [1.82, 2.24) is 4.31 Å². The summed E-state index contributed by atoms with van der Waals surface area (Å²) in [6, 6.07) is 3.37. The minimum Gasteiger partial charge on any atom is -0.398 e. The van der Waals surface area contributed by atoms with Crippen LogP contribution in [0.15, 0.2) is 17.0 Å². The molecule has 2 rings (SSSR count). The van der Waals surface area contributed by atoms with Gasteiger partial charge >= 0.3 is 0 Å². The maximum absolute atomic E-state index is 12.5. The van der Waals surface area contributed by atoms with Gasteiger partial charge in [0.05, 0.1) is 4.90 Å². The molecule has 1 saturated heterocycles. The molecule has 0 amide bonds. The molecule has 1 aromatic rings. The van der Waals surface area contributed by atoms with Crippen LogP contribution in [0.25, 0.3) is 0 Å². The Bertz CT molecular complexity index is 543. The predicted octanol–water partition coefficient (Wildman–Crippen LogP) is 2.06. The first-order valence-electron chi connectivity index (χ1n) is 6.22. The summed E-state index contributed by atoms with van der Waals surface area (Å²) in [6.07, 6.45) is 1.86. The fourth-order valence-corrected chi connectivity index (χ4v) is 4.22. The van der Waals surface area contributed by atoms with Gasteiger partial charge in [-0.2, -0.15) is 4.31 Å². The predicted molar refractivity (Wildman–Crippen MR) is 72.9 cm³/mol. The number of anilines is 1. The van der Waals surface area contributed by atoms with Gasteiger partial charge in [-0.1, -0.05) is 0 Å². The van der Waals surface area contributed by atoms with E-state index in [9.17, 15) is 8.42 Å². The SMILES string of the molecule is Cc1cc(S(=O)(=O)N2CCCC2C)cc(N)c1C. The van der Waals surface area contributed by atoms with Crippen molar-refractivity contribution < 1.29 is 8.42 Å². The van der Waals surface area contributed by atoms with Crippen LogP contribution in [0, 0.1) is 13.8 Å². The Kier molecular flexibility index (Phi) is 3.38. The Balaban J connectivity index is 2.48. The molecule has 0 aromatic heterocycles. The molecular formula is C13H20N2O2S. The van der Waals surface area contributed by atoms with Gasteiger partial charge in [-0.05, 0) is 56.9 Å². The van der Waals surface area contributed by atoms with E-state index in [0.717, 1.165) is 24.0 Å². The molecule has 1 atom stereocenters. The first kappa shape index (κ1) is 13.4. The van der Waals surface area contributed by atoms with Crippen LogP contribution >= 0.6 is 0 Å². The molecule has 1 unspecified atom stereocenters. The molecule has 0 spiro atoms. The Hall–Kier alpha value is -1.07. The van der Waals surface area contributed by atoms with Crippen molar-refractivity contribution in [3.8, 4) is 0 Å². The van der Waals surface area contributed by atoms with Crippen molar-refractivity contribution in [2.75, 3.05) is 12.3 Å². The summed E-state index contributed by atoms with van der Waals surface area (Å²) < 4.78 is 26.6. The number of nitrogens with zero attached hydrogens (tertiary/aromatic N) is 1. The molecular weight excluding hydrogens is 248 g/mol. The Labute approximate surface area is 109 Å². The average molecular weight is 268 g/mol. The van der Waals surface area contributed by atoms with Crippen LogP contribution in [0.5, 0.6) is 0 Å². The molecule has 18 heavy (non-hydrogen) atoms. The summed E-state index contributed by atoms with van der Waals surface area (Å²) in [6.45, 7) is 6.35. The molecule has 1 aliphatic heterocycles. The summed E-state index contributed by atoms with van der Waals surface area (Å²) in [5.74, 6) is 0. The van der Waals surface area contributed by atoms with Crippen LogP contribution in [0.3, 0.4) is 0 Å². The van der Waals surface area contributed by atoms with Crippen molar-refractivity contribution in [2.24, 2.45) is 0 Å². The zero-order valence-corrected chi connectivity index (χ0v) is 11.9. The summed E-state index contributed by atoms with van der Waals surface area (Å²) >= 11 is 0. The molecule has 0 aliphatic carbocycles. The van der Waals surface area contributed by atoms with E-state index >= 15 is 0 Å². The molecule has 1 heterocycles. The van der Waals surface area contributed by atoms with Crippen LogP contribution in [0.2, 0.25) is 0 Å². The number of hydrogen-bond donors (Lipinski definition) is 1. The number of nitrogen functional groups attached to an aromatic ring is 1. The second-order valence-electron chi connectivity index (χ2n) is 5.06. The number of hydrogen-bond acceptors (Lipinski definition) is 3. The summed E-state index contributed by atoms with van der Waals surface area (Å²) in [5.41, 5.74) is 8.28. The van der Waals surface area contributed by atoms with Gasteiger partial charge in [-0.15, -0.1) is 0 Å². The fraction of sp³-hybridized carbons (Fsp3) is 0.538. The second kappa shape index (κ2) is 4.55. The van der Waals surface area contributed by atoms with Crippen molar-refractivity contribution in [2.45, 2.75) is 44.6 Å². The molecule has 1 fully saturated rings. The number of aryl methyl sites for hydroxylation is 1. The number of rotatable bonds is 2. The standard InChI is InChI=1S/C13H20N2O2S/c1-9-7-12(8-13(14)11(9)3)18(16,17)15-6-4-5-10(15)2/h7-8,10H,4-6,14H2,1-3H3. The molecule has 0 bridgehead atoms. The van der Waals surface area contributed by atoms with E-state index in [0.29, 0.717) is 17.1 Å². The smallest absolute Gasteiger partial charge is 0.243 e. The molecule has 1 aliphatic rings. The van der Waals surface area contributed by atoms with Gasteiger partial charge in [0.25, 0.3) is 0 Å². The van der Waals surface area contributed by atoms with Gasteiger partial charge in [0.15, 0.2) is 0 Å². The van der Waals surface area contributed by atoms with Crippen LogP contribution in [-0.4, -0.2) is 25.3 Å². The zero-order valence-electron chi connectivity index (χ0n) is 11.1. The lowest BCUT2D eigenvalue weighted by molar-refractivity contribution is 0.408.